The van der Waals surface area contributed by atoms with Gasteiger partial charge in [0, 0.05) is 11.6 Å². The normalized spacial score (nSPS) is 28.1. The van der Waals surface area contributed by atoms with Gasteiger partial charge in [0.25, 0.3) is 0 Å². The summed E-state index contributed by atoms with van der Waals surface area (Å²) >= 11 is 0. The molecule has 0 heterocycles. The maximum absolute atomic E-state index is 12.7. The number of carbonyl (C=O) groups is 1. The second-order valence-electron chi connectivity index (χ2n) is 5.94. The number of aryl methyl sites for hydroxylation is 1. The van der Waals surface area contributed by atoms with Crippen LogP contribution in [0, 0.1) is 24.7 Å². The number of carbonyl (C=O) groups excluding carboxylic acids is 1. The van der Waals surface area contributed by atoms with Crippen molar-refractivity contribution in [3.8, 4) is 0 Å². The lowest BCUT2D eigenvalue weighted by molar-refractivity contribution is -0.137. The predicted molar refractivity (Wildman–Crippen MR) is 69.1 cm³/mol. The SMILES string of the molecule is Cc1ccc(C(F)(F)F)cc1NC(=O)C1CC2CC2C1. The van der Waals surface area contributed by atoms with E-state index < -0.39 is 11.7 Å². The van der Waals surface area contributed by atoms with E-state index in [4.69, 9.17) is 0 Å². The summed E-state index contributed by atoms with van der Waals surface area (Å²) < 4.78 is 38.0. The minimum atomic E-state index is -4.39. The number of hydrogen-bond acceptors (Lipinski definition) is 1. The quantitative estimate of drug-likeness (QED) is 0.873. The highest BCUT2D eigenvalue weighted by molar-refractivity contribution is 5.93. The molecular formula is C15H16F3NO. The Bertz CT molecular complexity index is 543. The standard InChI is InChI=1S/C15H16F3NO/c1-8-2-3-12(15(16,17)18)7-13(8)19-14(20)11-5-9-4-10(9)6-11/h2-3,7,9-11H,4-6H2,1H3,(H,19,20). The maximum atomic E-state index is 12.7. The third kappa shape index (κ3) is 2.53. The molecule has 2 unspecified atom stereocenters. The molecule has 2 atom stereocenters. The van der Waals surface area contributed by atoms with Gasteiger partial charge in [-0.25, -0.2) is 0 Å². The van der Waals surface area contributed by atoms with E-state index in [-0.39, 0.29) is 17.5 Å². The molecule has 1 N–H and O–H groups in total. The fourth-order valence-corrected chi connectivity index (χ4v) is 3.10. The first-order valence-corrected chi connectivity index (χ1v) is 6.83. The smallest absolute Gasteiger partial charge is 0.326 e. The summed E-state index contributed by atoms with van der Waals surface area (Å²) in [6, 6.07) is 3.45. The van der Waals surface area contributed by atoms with Crippen molar-refractivity contribution in [2.24, 2.45) is 17.8 Å². The van der Waals surface area contributed by atoms with Crippen LogP contribution in [0.4, 0.5) is 18.9 Å². The number of anilines is 1. The highest BCUT2D eigenvalue weighted by Gasteiger charge is 2.48. The Labute approximate surface area is 115 Å². The van der Waals surface area contributed by atoms with E-state index >= 15 is 0 Å². The molecule has 1 aromatic rings. The minimum absolute atomic E-state index is 0.0345. The monoisotopic (exact) mass is 283 g/mol. The molecule has 108 valence electrons. The van der Waals surface area contributed by atoms with Gasteiger partial charge in [0.15, 0.2) is 0 Å². The van der Waals surface area contributed by atoms with E-state index in [1.54, 1.807) is 6.92 Å². The first-order valence-electron chi connectivity index (χ1n) is 6.83. The van der Waals surface area contributed by atoms with E-state index in [0.29, 0.717) is 17.4 Å². The summed E-state index contributed by atoms with van der Waals surface area (Å²) in [6.45, 7) is 1.70. The van der Waals surface area contributed by atoms with Crippen molar-refractivity contribution < 1.29 is 18.0 Å². The Morgan fingerprint density at radius 1 is 1.20 bits per heavy atom. The second kappa shape index (κ2) is 4.50. The minimum Gasteiger partial charge on any atom is -0.326 e. The average molecular weight is 283 g/mol. The predicted octanol–water partition coefficient (Wildman–Crippen LogP) is 4.00. The molecule has 0 bridgehead atoms. The van der Waals surface area contributed by atoms with Crippen LogP contribution in [0.5, 0.6) is 0 Å². The van der Waals surface area contributed by atoms with E-state index in [0.717, 1.165) is 25.0 Å². The molecule has 3 rings (SSSR count). The molecule has 2 aliphatic carbocycles. The number of amides is 1. The number of hydrogen-bond donors (Lipinski definition) is 1. The van der Waals surface area contributed by atoms with Crippen LogP contribution in [-0.4, -0.2) is 5.91 Å². The summed E-state index contributed by atoms with van der Waals surface area (Å²) in [4.78, 5) is 12.1. The highest BCUT2D eigenvalue weighted by Crippen LogP contribution is 2.54. The molecule has 1 aromatic carbocycles. The lowest BCUT2D eigenvalue weighted by Gasteiger charge is -2.15. The van der Waals surface area contributed by atoms with E-state index in [1.165, 1.54) is 12.5 Å². The Morgan fingerprint density at radius 3 is 2.45 bits per heavy atom. The molecular weight excluding hydrogens is 267 g/mol. The van der Waals surface area contributed by atoms with Crippen molar-refractivity contribution in [1.29, 1.82) is 0 Å². The molecule has 2 aliphatic rings. The zero-order chi connectivity index (χ0) is 14.5. The van der Waals surface area contributed by atoms with E-state index in [1.807, 2.05) is 0 Å². The first kappa shape index (κ1) is 13.5. The fourth-order valence-electron chi connectivity index (χ4n) is 3.10. The lowest BCUT2D eigenvalue weighted by Crippen LogP contribution is -2.22. The second-order valence-corrected chi connectivity index (χ2v) is 5.94. The van der Waals surface area contributed by atoms with Crippen molar-refractivity contribution in [2.75, 3.05) is 5.32 Å². The molecule has 2 saturated carbocycles. The molecule has 0 radical (unpaired) electrons. The van der Waals surface area contributed by atoms with Gasteiger partial charge in [-0.2, -0.15) is 13.2 Å². The summed E-state index contributed by atoms with van der Waals surface area (Å²) in [5.74, 6) is 1.18. The van der Waals surface area contributed by atoms with Gasteiger partial charge < -0.3 is 5.32 Å². The van der Waals surface area contributed by atoms with Crippen LogP contribution in [0.15, 0.2) is 18.2 Å². The Kier molecular flexibility index (Phi) is 3.03. The Hall–Kier alpha value is -1.52. The van der Waals surface area contributed by atoms with Crippen LogP contribution in [0.3, 0.4) is 0 Å². The van der Waals surface area contributed by atoms with Gasteiger partial charge in [-0.1, -0.05) is 6.07 Å². The van der Waals surface area contributed by atoms with Crippen molar-refractivity contribution in [2.45, 2.75) is 32.4 Å². The number of fused-ring (bicyclic) bond motifs is 1. The summed E-state index contributed by atoms with van der Waals surface area (Å²) in [6.07, 6.45) is -1.41. The molecule has 1 amide bonds. The molecule has 2 nitrogen and oxygen atoms in total. The lowest BCUT2D eigenvalue weighted by atomic mass is 10.0. The van der Waals surface area contributed by atoms with E-state index in [9.17, 15) is 18.0 Å². The van der Waals surface area contributed by atoms with Crippen molar-refractivity contribution >= 4 is 11.6 Å². The van der Waals surface area contributed by atoms with Gasteiger partial charge in [0.1, 0.15) is 0 Å². The van der Waals surface area contributed by atoms with Gasteiger partial charge in [0.2, 0.25) is 5.91 Å². The average Bonchev–Trinajstić information content (AvgIpc) is 2.97. The number of benzene rings is 1. The fraction of sp³-hybridized carbons (Fsp3) is 0.533. The molecule has 5 heteroatoms. The third-order valence-corrected chi connectivity index (χ3v) is 4.44. The van der Waals surface area contributed by atoms with Gasteiger partial charge >= 0.3 is 6.18 Å². The zero-order valence-corrected chi connectivity index (χ0v) is 11.1. The van der Waals surface area contributed by atoms with Crippen LogP contribution in [0.2, 0.25) is 0 Å². The number of rotatable bonds is 2. The Balaban J connectivity index is 1.74. The summed E-state index contributed by atoms with van der Waals surface area (Å²) in [5.41, 5.74) is 0.188. The first-order chi connectivity index (χ1) is 9.34. The zero-order valence-electron chi connectivity index (χ0n) is 11.1. The molecule has 2 fully saturated rings. The Morgan fingerprint density at radius 2 is 1.85 bits per heavy atom. The molecule has 0 saturated heterocycles. The number of halogens is 3. The summed E-state index contributed by atoms with van der Waals surface area (Å²) in [7, 11) is 0. The molecule has 20 heavy (non-hydrogen) atoms. The van der Waals surface area contributed by atoms with Crippen LogP contribution in [-0.2, 0) is 11.0 Å². The van der Waals surface area contributed by atoms with Crippen molar-refractivity contribution in [3.05, 3.63) is 29.3 Å². The van der Waals surface area contributed by atoms with Crippen LogP contribution < -0.4 is 5.32 Å². The van der Waals surface area contributed by atoms with E-state index in [2.05, 4.69) is 5.32 Å². The van der Waals surface area contributed by atoms with Gasteiger partial charge in [0.05, 0.1) is 5.56 Å². The molecule has 0 spiro atoms. The third-order valence-electron chi connectivity index (χ3n) is 4.44. The summed E-state index contributed by atoms with van der Waals surface area (Å²) in [5, 5.41) is 2.67. The topological polar surface area (TPSA) is 29.1 Å². The van der Waals surface area contributed by atoms with Gasteiger partial charge in [-0.3, -0.25) is 4.79 Å². The van der Waals surface area contributed by atoms with Gasteiger partial charge in [-0.05, 0) is 55.7 Å². The largest absolute Gasteiger partial charge is 0.416 e. The van der Waals surface area contributed by atoms with Crippen LogP contribution in [0.25, 0.3) is 0 Å². The molecule has 0 aromatic heterocycles. The van der Waals surface area contributed by atoms with Crippen LogP contribution in [0.1, 0.15) is 30.4 Å². The van der Waals surface area contributed by atoms with Crippen LogP contribution >= 0.6 is 0 Å². The van der Waals surface area contributed by atoms with Crippen molar-refractivity contribution in [3.63, 3.8) is 0 Å². The highest BCUT2D eigenvalue weighted by atomic mass is 19.4. The number of nitrogens with one attached hydrogen (secondary N) is 1. The van der Waals surface area contributed by atoms with Crippen molar-refractivity contribution in [1.82, 2.24) is 0 Å². The maximum Gasteiger partial charge on any atom is 0.416 e. The number of alkyl halides is 3. The van der Waals surface area contributed by atoms with Gasteiger partial charge in [-0.15, -0.1) is 0 Å². The molecule has 0 aliphatic heterocycles.